The molecule has 0 aromatic heterocycles. The van der Waals surface area contributed by atoms with Crippen molar-refractivity contribution in [1.29, 1.82) is 0 Å². The highest BCUT2D eigenvalue weighted by molar-refractivity contribution is 9.11. The summed E-state index contributed by atoms with van der Waals surface area (Å²) in [5, 5.41) is 5.71. The first-order chi connectivity index (χ1) is 20.4. The van der Waals surface area contributed by atoms with Crippen LogP contribution in [0.15, 0.2) is 67.3 Å². The summed E-state index contributed by atoms with van der Waals surface area (Å²) in [6, 6.07) is 11.5. The molecule has 0 aliphatic heterocycles. The molecule has 0 atom stereocenters. The van der Waals surface area contributed by atoms with Crippen molar-refractivity contribution in [3.05, 3.63) is 90.9 Å². The molecule has 0 amide bonds. The fourth-order valence-electron chi connectivity index (χ4n) is 5.20. The zero-order valence-corrected chi connectivity index (χ0v) is 27.5. The van der Waals surface area contributed by atoms with Crippen molar-refractivity contribution < 1.29 is 35.5 Å². The number of rotatable bonds is 6. The van der Waals surface area contributed by atoms with Gasteiger partial charge in [0.25, 0.3) is 20.2 Å². The molecule has 1 aliphatic carbocycles. The quantitative estimate of drug-likeness (QED) is 0.0900. The number of benzene rings is 4. The number of nitrogens with two attached hydrogens (primary N) is 2. The van der Waals surface area contributed by atoms with E-state index in [0.717, 1.165) is 0 Å². The largest absolute Gasteiger partial charge is 0.397 e. The lowest BCUT2D eigenvalue weighted by Gasteiger charge is -2.27. The highest BCUT2D eigenvalue weighted by Gasteiger charge is 2.39. The average Bonchev–Trinajstić information content (AvgIpc) is 2.89. The molecule has 228 valence electrons. The van der Waals surface area contributed by atoms with E-state index in [1.54, 1.807) is 0 Å². The normalized spacial score (nSPS) is 13.0. The van der Waals surface area contributed by atoms with Crippen LogP contribution in [0.4, 0.5) is 34.1 Å². The van der Waals surface area contributed by atoms with Crippen LogP contribution in [-0.4, -0.2) is 37.5 Å². The van der Waals surface area contributed by atoms with Gasteiger partial charge in [-0.25, -0.2) is 0 Å². The second-order valence-corrected chi connectivity index (χ2v) is 14.3. The van der Waals surface area contributed by atoms with Crippen molar-refractivity contribution in [2.24, 2.45) is 0 Å². The fraction of sp³-hybridized carbons (Fsp3) is 0.0714. The monoisotopic (exact) mass is 764 g/mol. The summed E-state index contributed by atoms with van der Waals surface area (Å²) in [6.07, 6.45) is 0. The number of ketones is 2. The number of carbonyl (C=O) groups is 2. The zero-order valence-electron chi connectivity index (χ0n) is 22.7. The van der Waals surface area contributed by atoms with E-state index in [1.807, 2.05) is 0 Å². The van der Waals surface area contributed by atoms with E-state index >= 15 is 0 Å². The number of nitrogens with one attached hydrogen (secondary N) is 2. The number of fused-ring (bicyclic) bond motifs is 2. The SMILES string of the molecule is Cc1cccc(Nc2cc(Br)c(N)c3c2C(=O)c2c(N)c(Br)cc(Nc4cccc(C)c4S(=O)(=O)O)c2C3=O)c1S(=O)(=O)O. The first kappa shape index (κ1) is 31.6. The number of halogens is 2. The number of aryl methyl sites for hydroxylation is 2. The number of nitrogen functional groups attached to an aromatic ring is 2. The van der Waals surface area contributed by atoms with Gasteiger partial charge in [-0.3, -0.25) is 18.7 Å². The van der Waals surface area contributed by atoms with Crippen molar-refractivity contribution in [1.82, 2.24) is 0 Å². The van der Waals surface area contributed by atoms with Crippen LogP contribution in [0.2, 0.25) is 0 Å². The van der Waals surface area contributed by atoms with Gasteiger partial charge in [-0.05, 0) is 81.1 Å². The second-order valence-electron chi connectivity index (χ2n) is 9.90. The minimum Gasteiger partial charge on any atom is -0.397 e. The maximum atomic E-state index is 14.2. The Hall–Kier alpha value is -3.80. The lowest BCUT2D eigenvalue weighted by atomic mass is 9.80. The lowest BCUT2D eigenvalue weighted by molar-refractivity contribution is 0.0981. The first-order valence-electron chi connectivity index (χ1n) is 12.4. The molecule has 5 rings (SSSR count). The summed E-state index contributed by atoms with van der Waals surface area (Å²) in [7, 11) is -9.42. The van der Waals surface area contributed by atoms with E-state index in [4.69, 9.17) is 11.5 Å². The molecule has 44 heavy (non-hydrogen) atoms. The van der Waals surface area contributed by atoms with Crippen LogP contribution in [0, 0.1) is 13.8 Å². The average molecular weight is 766 g/mol. The van der Waals surface area contributed by atoms with Gasteiger partial charge in [-0.15, -0.1) is 0 Å². The number of anilines is 6. The van der Waals surface area contributed by atoms with Crippen molar-refractivity contribution in [2.45, 2.75) is 23.6 Å². The first-order valence-corrected chi connectivity index (χ1v) is 16.9. The predicted molar refractivity (Wildman–Crippen MR) is 173 cm³/mol. The molecule has 4 aromatic carbocycles. The van der Waals surface area contributed by atoms with Gasteiger partial charge in [0.2, 0.25) is 0 Å². The molecule has 0 saturated heterocycles. The van der Waals surface area contributed by atoms with Gasteiger partial charge >= 0.3 is 0 Å². The van der Waals surface area contributed by atoms with E-state index in [9.17, 15) is 35.5 Å². The number of carbonyl (C=O) groups excluding carboxylic acids is 2. The Bertz CT molecular complexity index is 2030. The molecule has 16 heteroatoms. The van der Waals surface area contributed by atoms with Gasteiger partial charge in [-0.2, -0.15) is 16.8 Å². The van der Waals surface area contributed by atoms with Crippen molar-refractivity contribution in [2.75, 3.05) is 22.1 Å². The highest BCUT2D eigenvalue weighted by atomic mass is 79.9. The van der Waals surface area contributed by atoms with Crippen LogP contribution >= 0.6 is 31.9 Å². The number of hydrogen-bond acceptors (Lipinski definition) is 10. The molecule has 0 fully saturated rings. The molecule has 0 radical (unpaired) electrons. The van der Waals surface area contributed by atoms with Gasteiger partial charge in [0.15, 0.2) is 11.6 Å². The summed E-state index contributed by atoms with van der Waals surface area (Å²) < 4.78 is 69.0. The van der Waals surface area contributed by atoms with Crippen LogP contribution in [-0.2, 0) is 20.2 Å². The van der Waals surface area contributed by atoms with Gasteiger partial charge in [0, 0.05) is 8.95 Å². The lowest BCUT2D eigenvalue weighted by Crippen LogP contribution is -2.26. The molecule has 0 bridgehead atoms. The van der Waals surface area contributed by atoms with Crippen LogP contribution in [0.3, 0.4) is 0 Å². The maximum Gasteiger partial charge on any atom is 0.296 e. The molecule has 8 N–H and O–H groups in total. The summed E-state index contributed by atoms with van der Waals surface area (Å²) in [4.78, 5) is 27.6. The van der Waals surface area contributed by atoms with E-state index in [0.29, 0.717) is 0 Å². The Morgan fingerprint density at radius 1 is 0.614 bits per heavy atom. The van der Waals surface area contributed by atoms with E-state index in [-0.39, 0.29) is 76.5 Å². The summed E-state index contributed by atoms with van der Waals surface area (Å²) in [5.74, 6) is -1.50. The Morgan fingerprint density at radius 3 is 1.27 bits per heavy atom. The van der Waals surface area contributed by atoms with Crippen LogP contribution in [0.5, 0.6) is 0 Å². The van der Waals surface area contributed by atoms with Crippen LogP contribution in [0.25, 0.3) is 0 Å². The maximum absolute atomic E-state index is 14.2. The van der Waals surface area contributed by atoms with Crippen molar-refractivity contribution in [3.63, 3.8) is 0 Å². The van der Waals surface area contributed by atoms with Gasteiger partial charge in [0.05, 0.1) is 56.4 Å². The third kappa shape index (κ3) is 5.27. The molecule has 0 spiro atoms. The van der Waals surface area contributed by atoms with Crippen LogP contribution < -0.4 is 22.1 Å². The molecular formula is C28H22Br2N4O8S2. The molecule has 0 unspecified atom stereocenters. The highest BCUT2D eigenvalue weighted by Crippen LogP contribution is 2.46. The van der Waals surface area contributed by atoms with Crippen molar-refractivity contribution >= 4 is 97.8 Å². The molecular weight excluding hydrogens is 744 g/mol. The minimum absolute atomic E-state index is 0.0122. The summed E-state index contributed by atoms with van der Waals surface area (Å²) in [5.41, 5.74) is 11.8. The summed E-state index contributed by atoms with van der Waals surface area (Å²) >= 11 is 6.60. The number of hydrogen-bond donors (Lipinski definition) is 6. The third-order valence-corrected chi connectivity index (χ3v) is 10.4. The van der Waals surface area contributed by atoms with Gasteiger partial charge in [-0.1, -0.05) is 24.3 Å². The standard InChI is InChI=1S/C28H22Br2N4O8S2/c1-11-5-3-7-15(27(11)43(37,38)39)33-17-9-13(29)23(31)21-19(17)25(35)22-20(26(21)36)18(10-14(30)24(22)32)34-16-8-4-6-12(2)28(16)44(40,41)42/h3-10,33-34H,31-32H2,1-2H3,(H,37,38,39)(H,40,41,42). The Balaban J connectivity index is 1.76. The third-order valence-electron chi connectivity index (χ3n) is 7.02. The van der Waals surface area contributed by atoms with Gasteiger partial charge < -0.3 is 22.1 Å². The molecule has 1 aliphatic rings. The summed E-state index contributed by atoms with van der Waals surface area (Å²) in [6.45, 7) is 2.95. The Kier molecular flexibility index (Phi) is 7.89. The van der Waals surface area contributed by atoms with Gasteiger partial charge in [0.1, 0.15) is 9.79 Å². The van der Waals surface area contributed by atoms with Crippen LogP contribution in [0.1, 0.15) is 43.0 Å². The fourth-order valence-corrected chi connectivity index (χ4v) is 7.80. The molecule has 12 nitrogen and oxygen atoms in total. The van der Waals surface area contributed by atoms with Crippen molar-refractivity contribution in [3.8, 4) is 0 Å². The van der Waals surface area contributed by atoms with E-state index in [1.165, 1.54) is 62.4 Å². The Morgan fingerprint density at radius 2 is 0.955 bits per heavy atom. The predicted octanol–water partition coefficient (Wildman–Crippen LogP) is 5.75. The zero-order chi connectivity index (χ0) is 32.5. The topological polar surface area (TPSA) is 219 Å². The smallest absolute Gasteiger partial charge is 0.296 e. The van der Waals surface area contributed by atoms with E-state index < -0.39 is 41.6 Å². The molecule has 0 heterocycles. The molecule has 0 saturated carbocycles. The second kappa shape index (κ2) is 11.0. The minimum atomic E-state index is -4.71. The molecule has 4 aromatic rings. The van der Waals surface area contributed by atoms with E-state index in [2.05, 4.69) is 42.5 Å². The Labute approximate surface area is 268 Å².